The lowest BCUT2D eigenvalue weighted by molar-refractivity contribution is -0.141. The summed E-state index contributed by atoms with van der Waals surface area (Å²) in [7, 11) is 0. The fourth-order valence-electron chi connectivity index (χ4n) is 2.32. The minimum absolute atomic E-state index is 0.0428. The number of anilines is 1. The standard InChI is InChI=1S/C18H11Cl2F4N3O2/c19-11-3-1-2-4-14(11)27-17(8-15(26-27)18(22,23)24)29-9-16(28)25-13-6-5-10(21)7-12(13)20/h1-8H,9H2,(H,25,28). The van der Waals surface area contributed by atoms with Crippen LogP contribution in [-0.4, -0.2) is 22.3 Å². The number of carbonyl (C=O) groups excluding carboxylic acids is 1. The van der Waals surface area contributed by atoms with Gasteiger partial charge in [-0.25, -0.2) is 4.39 Å². The summed E-state index contributed by atoms with van der Waals surface area (Å²) in [6.45, 7) is -0.652. The van der Waals surface area contributed by atoms with Gasteiger partial charge in [-0.05, 0) is 30.3 Å². The van der Waals surface area contributed by atoms with Crippen molar-refractivity contribution >= 4 is 34.8 Å². The molecule has 5 nitrogen and oxygen atoms in total. The number of alkyl halides is 3. The van der Waals surface area contributed by atoms with E-state index in [4.69, 9.17) is 27.9 Å². The average Bonchev–Trinajstić information content (AvgIpc) is 3.07. The van der Waals surface area contributed by atoms with E-state index in [-0.39, 0.29) is 27.3 Å². The number of benzene rings is 2. The van der Waals surface area contributed by atoms with Crippen LogP contribution in [0.1, 0.15) is 5.69 Å². The Bertz CT molecular complexity index is 1050. The summed E-state index contributed by atoms with van der Waals surface area (Å²) in [6, 6.07) is 10.1. The lowest BCUT2D eigenvalue weighted by Crippen LogP contribution is -2.21. The Morgan fingerprint density at radius 2 is 1.83 bits per heavy atom. The maximum Gasteiger partial charge on any atom is 0.435 e. The summed E-state index contributed by atoms with van der Waals surface area (Å²) in [6.07, 6.45) is -4.73. The topological polar surface area (TPSA) is 56.1 Å². The molecule has 0 saturated carbocycles. The Labute approximate surface area is 171 Å². The molecule has 1 N–H and O–H groups in total. The predicted octanol–water partition coefficient (Wildman–Crippen LogP) is 5.35. The van der Waals surface area contributed by atoms with Crippen LogP contribution in [0.5, 0.6) is 5.88 Å². The Kier molecular flexibility index (Phi) is 5.99. The van der Waals surface area contributed by atoms with E-state index in [1.807, 2.05) is 0 Å². The average molecular weight is 448 g/mol. The van der Waals surface area contributed by atoms with Crippen LogP contribution in [0.25, 0.3) is 5.69 Å². The van der Waals surface area contributed by atoms with E-state index in [1.54, 1.807) is 12.1 Å². The molecule has 0 aliphatic heterocycles. The largest absolute Gasteiger partial charge is 0.467 e. The number of carbonyl (C=O) groups is 1. The third-order valence-electron chi connectivity index (χ3n) is 3.60. The van der Waals surface area contributed by atoms with Gasteiger partial charge in [0.05, 0.1) is 21.4 Å². The summed E-state index contributed by atoms with van der Waals surface area (Å²) in [4.78, 5) is 12.1. The Balaban J connectivity index is 1.82. The van der Waals surface area contributed by atoms with Crippen LogP contribution in [0.4, 0.5) is 23.2 Å². The van der Waals surface area contributed by atoms with Crippen LogP contribution in [-0.2, 0) is 11.0 Å². The zero-order valence-electron chi connectivity index (χ0n) is 14.3. The summed E-state index contributed by atoms with van der Waals surface area (Å²) >= 11 is 11.8. The summed E-state index contributed by atoms with van der Waals surface area (Å²) in [5.41, 5.74) is -0.951. The molecule has 3 rings (SSSR count). The number of nitrogens with one attached hydrogen (secondary N) is 1. The molecule has 0 saturated heterocycles. The van der Waals surface area contributed by atoms with E-state index in [2.05, 4.69) is 10.4 Å². The van der Waals surface area contributed by atoms with Gasteiger partial charge in [-0.3, -0.25) is 4.79 Å². The smallest absolute Gasteiger partial charge is 0.435 e. The number of nitrogens with zero attached hydrogens (tertiary/aromatic N) is 2. The van der Waals surface area contributed by atoms with Crippen LogP contribution in [0, 0.1) is 5.82 Å². The van der Waals surface area contributed by atoms with Gasteiger partial charge >= 0.3 is 6.18 Å². The van der Waals surface area contributed by atoms with Crippen molar-refractivity contribution in [2.24, 2.45) is 0 Å². The lowest BCUT2D eigenvalue weighted by atomic mass is 10.3. The number of ether oxygens (including phenoxy) is 1. The van der Waals surface area contributed by atoms with E-state index >= 15 is 0 Å². The van der Waals surface area contributed by atoms with E-state index < -0.39 is 30.2 Å². The monoisotopic (exact) mass is 447 g/mol. The number of aromatic nitrogens is 2. The number of rotatable bonds is 5. The van der Waals surface area contributed by atoms with Crippen molar-refractivity contribution in [1.82, 2.24) is 9.78 Å². The Morgan fingerprint density at radius 3 is 2.48 bits per heavy atom. The second kappa shape index (κ2) is 8.30. The van der Waals surface area contributed by atoms with Gasteiger partial charge in [-0.2, -0.15) is 23.0 Å². The molecular formula is C18H11Cl2F4N3O2. The minimum Gasteiger partial charge on any atom is -0.467 e. The van der Waals surface area contributed by atoms with Crippen molar-refractivity contribution in [2.45, 2.75) is 6.18 Å². The highest BCUT2D eigenvalue weighted by molar-refractivity contribution is 6.33. The second-order valence-electron chi connectivity index (χ2n) is 5.69. The normalized spacial score (nSPS) is 11.4. The lowest BCUT2D eigenvalue weighted by Gasteiger charge is -2.11. The molecule has 0 atom stereocenters. The van der Waals surface area contributed by atoms with Gasteiger partial charge in [0.25, 0.3) is 5.91 Å². The van der Waals surface area contributed by atoms with E-state index in [0.717, 1.165) is 16.8 Å². The number of hydrogen-bond acceptors (Lipinski definition) is 3. The van der Waals surface area contributed by atoms with Gasteiger partial charge in [0, 0.05) is 6.07 Å². The number of hydrogen-bond donors (Lipinski definition) is 1. The highest BCUT2D eigenvalue weighted by Crippen LogP contribution is 2.33. The third-order valence-corrected chi connectivity index (χ3v) is 4.24. The zero-order chi connectivity index (χ0) is 21.2. The predicted molar refractivity (Wildman–Crippen MR) is 99.1 cm³/mol. The first-order valence-electron chi connectivity index (χ1n) is 7.95. The fourth-order valence-corrected chi connectivity index (χ4v) is 2.75. The molecule has 1 aromatic heterocycles. The number of halogens is 6. The Morgan fingerprint density at radius 1 is 1.10 bits per heavy atom. The molecule has 11 heteroatoms. The van der Waals surface area contributed by atoms with Crippen LogP contribution in [0.15, 0.2) is 48.5 Å². The van der Waals surface area contributed by atoms with Gasteiger partial charge in [-0.15, -0.1) is 0 Å². The van der Waals surface area contributed by atoms with Crippen LogP contribution < -0.4 is 10.1 Å². The molecule has 29 heavy (non-hydrogen) atoms. The summed E-state index contributed by atoms with van der Waals surface area (Å²) in [5, 5.41) is 5.95. The van der Waals surface area contributed by atoms with Crippen molar-refractivity contribution in [3.05, 3.63) is 70.1 Å². The fraction of sp³-hybridized carbons (Fsp3) is 0.111. The zero-order valence-corrected chi connectivity index (χ0v) is 15.8. The minimum atomic E-state index is -4.73. The van der Waals surface area contributed by atoms with Crippen molar-refractivity contribution in [3.8, 4) is 11.6 Å². The van der Waals surface area contributed by atoms with Crippen LogP contribution in [0.3, 0.4) is 0 Å². The van der Waals surface area contributed by atoms with E-state index in [0.29, 0.717) is 6.07 Å². The molecule has 152 valence electrons. The number of para-hydroxylation sites is 1. The van der Waals surface area contributed by atoms with E-state index in [1.165, 1.54) is 18.2 Å². The van der Waals surface area contributed by atoms with Crippen LogP contribution in [0.2, 0.25) is 10.0 Å². The Hall–Kier alpha value is -2.78. The molecule has 0 radical (unpaired) electrons. The third kappa shape index (κ3) is 4.99. The first-order chi connectivity index (χ1) is 13.6. The molecule has 0 aliphatic rings. The molecule has 0 aliphatic carbocycles. The molecule has 0 unspecified atom stereocenters. The summed E-state index contributed by atoms with van der Waals surface area (Å²) in [5.74, 6) is -1.66. The first kappa shape index (κ1) is 20.9. The molecule has 0 spiro atoms. The van der Waals surface area contributed by atoms with Gasteiger partial charge in [-0.1, -0.05) is 35.3 Å². The quantitative estimate of drug-likeness (QED) is 0.536. The molecule has 0 fully saturated rings. The molecular weight excluding hydrogens is 437 g/mol. The maximum atomic E-state index is 13.1. The highest BCUT2D eigenvalue weighted by atomic mass is 35.5. The van der Waals surface area contributed by atoms with Crippen molar-refractivity contribution in [2.75, 3.05) is 11.9 Å². The molecule has 1 amide bonds. The SMILES string of the molecule is O=C(COc1cc(C(F)(F)F)nn1-c1ccccc1Cl)Nc1ccc(F)cc1Cl. The van der Waals surface area contributed by atoms with E-state index in [9.17, 15) is 22.4 Å². The van der Waals surface area contributed by atoms with Crippen molar-refractivity contribution in [3.63, 3.8) is 0 Å². The molecule has 2 aromatic carbocycles. The van der Waals surface area contributed by atoms with Gasteiger partial charge in [0.15, 0.2) is 12.3 Å². The van der Waals surface area contributed by atoms with Crippen molar-refractivity contribution < 1.29 is 27.1 Å². The molecule has 1 heterocycles. The van der Waals surface area contributed by atoms with Crippen LogP contribution >= 0.6 is 23.2 Å². The van der Waals surface area contributed by atoms with Crippen molar-refractivity contribution in [1.29, 1.82) is 0 Å². The first-order valence-corrected chi connectivity index (χ1v) is 8.70. The maximum absolute atomic E-state index is 13.1. The summed E-state index contributed by atoms with van der Waals surface area (Å²) < 4.78 is 58.4. The highest BCUT2D eigenvalue weighted by Gasteiger charge is 2.36. The molecule has 3 aromatic rings. The van der Waals surface area contributed by atoms with Gasteiger partial charge < -0.3 is 10.1 Å². The molecule has 0 bridgehead atoms. The van der Waals surface area contributed by atoms with Gasteiger partial charge in [0.1, 0.15) is 5.82 Å². The second-order valence-corrected chi connectivity index (χ2v) is 6.50. The van der Waals surface area contributed by atoms with Gasteiger partial charge in [0.2, 0.25) is 5.88 Å². The number of amides is 1.